The maximum absolute atomic E-state index is 13.5. The maximum Gasteiger partial charge on any atom is 0.191 e. The molecule has 3 nitrogen and oxygen atoms in total. The lowest BCUT2D eigenvalue weighted by Crippen LogP contribution is -2.43. The van der Waals surface area contributed by atoms with Gasteiger partial charge in [0.05, 0.1) is 0 Å². The van der Waals surface area contributed by atoms with Gasteiger partial charge in [-0.2, -0.15) is 0 Å². The molecule has 0 amide bonds. The van der Waals surface area contributed by atoms with Crippen LogP contribution in [0.3, 0.4) is 0 Å². The molecule has 0 aromatic heterocycles. The average Bonchev–Trinajstić information content (AvgIpc) is 3.39. The summed E-state index contributed by atoms with van der Waals surface area (Å²) in [7, 11) is 1.80. The molecule has 1 atom stereocenters. The molecular formula is C21H25FIN3. The van der Waals surface area contributed by atoms with Crippen LogP contribution in [0.4, 0.5) is 4.39 Å². The molecule has 0 heterocycles. The number of hydrogen-bond donors (Lipinski definition) is 2. The van der Waals surface area contributed by atoms with Crippen LogP contribution >= 0.6 is 24.0 Å². The number of aliphatic imine (C=N–C) groups is 1. The highest BCUT2D eigenvalue weighted by atomic mass is 127. The zero-order valence-electron chi connectivity index (χ0n) is 15.0. The van der Waals surface area contributed by atoms with Crippen molar-refractivity contribution in [1.82, 2.24) is 10.6 Å². The van der Waals surface area contributed by atoms with E-state index in [2.05, 4.69) is 39.9 Å². The first-order valence-electron chi connectivity index (χ1n) is 8.99. The summed E-state index contributed by atoms with van der Waals surface area (Å²) in [6, 6.07) is 15.6. The van der Waals surface area contributed by atoms with Gasteiger partial charge < -0.3 is 10.6 Å². The summed E-state index contributed by atoms with van der Waals surface area (Å²) in [5.41, 5.74) is 4.05. The van der Waals surface area contributed by atoms with Crippen LogP contribution in [0.2, 0.25) is 0 Å². The molecular weight excluding hydrogens is 440 g/mol. The molecule has 2 aliphatic carbocycles. The number of fused-ring (bicyclic) bond motifs is 1. The predicted octanol–water partition coefficient (Wildman–Crippen LogP) is 3.98. The molecule has 1 unspecified atom stereocenters. The minimum absolute atomic E-state index is 0. The zero-order chi connectivity index (χ0) is 17.3. The summed E-state index contributed by atoms with van der Waals surface area (Å²) in [4.78, 5) is 4.34. The number of rotatable bonds is 5. The normalized spacial score (nSPS) is 19.6. The van der Waals surface area contributed by atoms with E-state index in [0.29, 0.717) is 5.92 Å². The molecule has 26 heavy (non-hydrogen) atoms. The second-order valence-corrected chi connectivity index (χ2v) is 7.20. The maximum atomic E-state index is 13.5. The largest absolute Gasteiger partial charge is 0.356 e. The number of nitrogens with one attached hydrogen (secondary N) is 2. The topological polar surface area (TPSA) is 36.4 Å². The van der Waals surface area contributed by atoms with Gasteiger partial charge in [-0.15, -0.1) is 24.0 Å². The van der Waals surface area contributed by atoms with Gasteiger partial charge in [-0.1, -0.05) is 36.4 Å². The van der Waals surface area contributed by atoms with E-state index < -0.39 is 0 Å². The molecule has 0 radical (unpaired) electrons. The summed E-state index contributed by atoms with van der Waals surface area (Å²) in [5, 5.41) is 6.87. The number of halogens is 2. The van der Waals surface area contributed by atoms with E-state index in [9.17, 15) is 4.39 Å². The van der Waals surface area contributed by atoms with Gasteiger partial charge in [0.15, 0.2) is 5.96 Å². The van der Waals surface area contributed by atoms with Crippen molar-refractivity contribution in [2.75, 3.05) is 20.1 Å². The van der Waals surface area contributed by atoms with Crippen molar-refractivity contribution in [3.63, 3.8) is 0 Å². The molecule has 1 fully saturated rings. The Morgan fingerprint density at radius 1 is 1.15 bits per heavy atom. The first-order chi connectivity index (χ1) is 12.2. The molecule has 0 spiro atoms. The van der Waals surface area contributed by atoms with Crippen molar-refractivity contribution < 1.29 is 4.39 Å². The number of benzene rings is 2. The Bertz CT molecular complexity index is 801. The molecule has 0 saturated heterocycles. The second-order valence-electron chi connectivity index (χ2n) is 7.20. The molecule has 0 bridgehead atoms. The molecule has 1 saturated carbocycles. The quantitative estimate of drug-likeness (QED) is 0.398. The fraction of sp³-hybridized carbons (Fsp3) is 0.381. The van der Waals surface area contributed by atoms with Gasteiger partial charge >= 0.3 is 0 Å². The van der Waals surface area contributed by atoms with Crippen molar-refractivity contribution >= 4 is 29.9 Å². The third kappa shape index (κ3) is 3.87. The standard InChI is InChI=1S/C21H24FN3.HI/c1-23-20(24-13-16-11-15-5-2-3-8-19(15)16)25-14-21(9-10-21)17-6-4-7-18(22)12-17;/h2-8,12,16H,9-11,13-14H2,1H3,(H2,23,24,25);1H. The Labute approximate surface area is 171 Å². The van der Waals surface area contributed by atoms with Crippen molar-refractivity contribution in [2.45, 2.75) is 30.6 Å². The van der Waals surface area contributed by atoms with E-state index in [4.69, 9.17) is 0 Å². The number of guanidine groups is 1. The lowest BCUT2D eigenvalue weighted by atomic mass is 9.78. The van der Waals surface area contributed by atoms with Gasteiger partial charge in [0.1, 0.15) is 5.82 Å². The fourth-order valence-corrected chi connectivity index (χ4v) is 3.77. The van der Waals surface area contributed by atoms with Crippen molar-refractivity contribution in [2.24, 2.45) is 4.99 Å². The summed E-state index contributed by atoms with van der Waals surface area (Å²) in [6.45, 7) is 1.68. The molecule has 2 aromatic carbocycles. The second kappa shape index (κ2) is 7.94. The van der Waals surface area contributed by atoms with E-state index in [1.54, 1.807) is 19.2 Å². The van der Waals surface area contributed by atoms with E-state index >= 15 is 0 Å². The van der Waals surface area contributed by atoms with Crippen LogP contribution in [0.15, 0.2) is 53.5 Å². The highest BCUT2D eigenvalue weighted by molar-refractivity contribution is 14.0. The smallest absolute Gasteiger partial charge is 0.191 e. The van der Waals surface area contributed by atoms with Crippen LogP contribution in [0.5, 0.6) is 0 Å². The highest BCUT2D eigenvalue weighted by Crippen LogP contribution is 2.47. The highest BCUT2D eigenvalue weighted by Gasteiger charge is 2.44. The van der Waals surface area contributed by atoms with Gasteiger partial charge in [0, 0.05) is 31.5 Å². The molecule has 5 heteroatoms. The fourth-order valence-electron chi connectivity index (χ4n) is 3.77. The SMILES string of the molecule is CN=C(NCC1Cc2ccccc21)NCC1(c2cccc(F)c2)CC1.I. The third-order valence-corrected chi connectivity index (χ3v) is 5.59. The van der Waals surface area contributed by atoms with Crippen molar-refractivity contribution in [1.29, 1.82) is 0 Å². The van der Waals surface area contributed by atoms with Crippen LogP contribution < -0.4 is 10.6 Å². The summed E-state index contributed by atoms with van der Waals surface area (Å²) in [6.07, 6.45) is 3.32. The third-order valence-electron chi connectivity index (χ3n) is 5.59. The number of nitrogens with zero attached hydrogens (tertiary/aromatic N) is 1. The van der Waals surface area contributed by atoms with E-state index in [1.165, 1.54) is 17.2 Å². The molecule has 4 rings (SSSR count). The van der Waals surface area contributed by atoms with Gasteiger partial charge in [0.2, 0.25) is 0 Å². The minimum Gasteiger partial charge on any atom is -0.356 e. The van der Waals surface area contributed by atoms with Crippen molar-refractivity contribution in [3.8, 4) is 0 Å². The molecule has 2 aromatic rings. The number of hydrogen-bond acceptors (Lipinski definition) is 1. The summed E-state index contributed by atoms with van der Waals surface area (Å²) >= 11 is 0. The van der Waals surface area contributed by atoms with Crippen LogP contribution in [-0.4, -0.2) is 26.1 Å². The van der Waals surface area contributed by atoms with Crippen molar-refractivity contribution in [3.05, 3.63) is 71.0 Å². The Morgan fingerprint density at radius 2 is 1.96 bits per heavy atom. The molecule has 2 aliphatic rings. The van der Waals surface area contributed by atoms with Crippen LogP contribution in [0.25, 0.3) is 0 Å². The molecule has 0 aliphatic heterocycles. The van der Waals surface area contributed by atoms with Crippen LogP contribution in [-0.2, 0) is 11.8 Å². The Morgan fingerprint density at radius 3 is 2.65 bits per heavy atom. The van der Waals surface area contributed by atoms with Gasteiger partial charge in [-0.25, -0.2) is 4.39 Å². The zero-order valence-corrected chi connectivity index (χ0v) is 17.3. The van der Waals surface area contributed by atoms with Gasteiger partial charge in [-0.3, -0.25) is 4.99 Å². The minimum atomic E-state index is -0.157. The monoisotopic (exact) mass is 465 g/mol. The average molecular weight is 465 g/mol. The first kappa shape index (κ1) is 19.1. The predicted molar refractivity (Wildman–Crippen MR) is 115 cm³/mol. The van der Waals surface area contributed by atoms with E-state index in [0.717, 1.165) is 43.9 Å². The van der Waals surface area contributed by atoms with E-state index in [1.807, 2.05) is 6.07 Å². The lowest BCUT2D eigenvalue weighted by molar-refractivity contribution is 0.575. The Balaban J connectivity index is 0.00000196. The summed E-state index contributed by atoms with van der Waals surface area (Å²) < 4.78 is 13.5. The molecule has 138 valence electrons. The Kier molecular flexibility index (Phi) is 5.85. The summed E-state index contributed by atoms with van der Waals surface area (Å²) in [5.74, 6) is 1.23. The lowest BCUT2D eigenvalue weighted by Gasteiger charge is -2.31. The van der Waals surface area contributed by atoms with Crippen LogP contribution in [0, 0.1) is 5.82 Å². The molecule has 2 N–H and O–H groups in total. The van der Waals surface area contributed by atoms with Gasteiger partial charge in [-0.05, 0) is 48.1 Å². The van der Waals surface area contributed by atoms with E-state index in [-0.39, 0.29) is 35.2 Å². The Hall–Kier alpha value is -1.63. The van der Waals surface area contributed by atoms with Crippen LogP contribution in [0.1, 0.15) is 35.4 Å². The van der Waals surface area contributed by atoms with Gasteiger partial charge in [0.25, 0.3) is 0 Å². The first-order valence-corrected chi connectivity index (χ1v) is 8.99.